The first kappa shape index (κ1) is 12.0. The van der Waals surface area contributed by atoms with Crippen LogP contribution in [0.3, 0.4) is 0 Å². The van der Waals surface area contributed by atoms with Crippen LogP contribution in [0.25, 0.3) is 0 Å². The van der Waals surface area contributed by atoms with Gasteiger partial charge in [0, 0.05) is 6.54 Å². The molecule has 1 aliphatic rings. The van der Waals surface area contributed by atoms with E-state index in [-0.39, 0.29) is 12.4 Å². The number of carbonyl (C=O) groups excluding carboxylic acids is 1. The molecule has 1 saturated heterocycles. The molecule has 5 nitrogen and oxygen atoms in total. The van der Waals surface area contributed by atoms with E-state index in [2.05, 4.69) is 0 Å². The van der Waals surface area contributed by atoms with Crippen molar-refractivity contribution in [3.8, 4) is 0 Å². The first-order chi connectivity index (χ1) is 7.15. The van der Waals surface area contributed by atoms with E-state index < -0.39 is 12.0 Å². The highest BCUT2D eigenvalue weighted by Gasteiger charge is 2.30. The first-order valence-electron chi connectivity index (χ1n) is 5.27. The van der Waals surface area contributed by atoms with Gasteiger partial charge < -0.3 is 9.84 Å². The summed E-state index contributed by atoms with van der Waals surface area (Å²) in [4.78, 5) is 23.7. The van der Waals surface area contributed by atoms with Crippen molar-refractivity contribution in [2.24, 2.45) is 0 Å². The Morgan fingerprint density at radius 2 is 2.27 bits per heavy atom. The molecule has 1 atom stereocenters. The Kier molecular flexibility index (Phi) is 4.55. The number of esters is 1. The lowest BCUT2D eigenvalue weighted by molar-refractivity contribution is -0.146. The van der Waals surface area contributed by atoms with E-state index in [1.165, 1.54) is 0 Å². The van der Waals surface area contributed by atoms with Gasteiger partial charge in [-0.2, -0.15) is 0 Å². The van der Waals surface area contributed by atoms with Crippen LogP contribution in [0, 0.1) is 0 Å². The maximum Gasteiger partial charge on any atom is 0.320 e. The van der Waals surface area contributed by atoms with Gasteiger partial charge in [0.15, 0.2) is 0 Å². The SMILES string of the molecule is CCOC(=O)CCN1CCC[C@H]1C(=O)O. The van der Waals surface area contributed by atoms with Crippen LogP contribution in [0.15, 0.2) is 0 Å². The molecule has 1 N–H and O–H groups in total. The van der Waals surface area contributed by atoms with Crippen molar-refractivity contribution in [1.29, 1.82) is 0 Å². The van der Waals surface area contributed by atoms with Crippen molar-refractivity contribution in [1.82, 2.24) is 4.90 Å². The molecule has 15 heavy (non-hydrogen) atoms. The Balaban J connectivity index is 2.31. The van der Waals surface area contributed by atoms with Crippen LogP contribution in [0.1, 0.15) is 26.2 Å². The van der Waals surface area contributed by atoms with Crippen molar-refractivity contribution in [2.45, 2.75) is 32.2 Å². The fourth-order valence-corrected chi connectivity index (χ4v) is 1.84. The summed E-state index contributed by atoms with van der Waals surface area (Å²) in [5.41, 5.74) is 0. The summed E-state index contributed by atoms with van der Waals surface area (Å²) < 4.78 is 4.78. The second-order valence-corrected chi connectivity index (χ2v) is 3.59. The molecule has 0 aromatic heterocycles. The Morgan fingerprint density at radius 1 is 1.53 bits per heavy atom. The second kappa shape index (κ2) is 5.70. The summed E-state index contributed by atoms with van der Waals surface area (Å²) in [6, 6.07) is -0.417. The summed E-state index contributed by atoms with van der Waals surface area (Å²) in [6.07, 6.45) is 1.84. The van der Waals surface area contributed by atoms with Crippen molar-refractivity contribution < 1.29 is 19.4 Å². The molecule has 0 unspecified atom stereocenters. The molecule has 0 radical (unpaired) electrons. The number of nitrogens with zero attached hydrogens (tertiary/aromatic N) is 1. The Hall–Kier alpha value is -1.10. The van der Waals surface area contributed by atoms with Crippen LogP contribution in [-0.2, 0) is 14.3 Å². The monoisotopic (exact) mass is 215 g/mol. The minimum Gasteiger partial charge on any atom is -0.480 e. The topological polar surface area (TPSA) is 66.8 Å². The van der Waals surface area contributed by atoms with Crippen molar-refractivity contribution in [2.75, 3.05) is 19.7 Å². The summed E-state index contributed by atoms with van der Waals surface area (Å²) in [6.45, 7) is 3.38. The molecule has 0 amide bonds. The average Bonchev–Trinajstić information content (AvgIpc) is 2.63. The largest absolute Gasteiger partial charge is 0.480 e. The number of hydrogen-bond acceptors (Lipinski definition) is 4. The highest BCUT2D eigenvalue weighted by molar-refractivity contribution is 5.74. The average molecular weight is 215 g/mol. The van der Waals surface area contributed by atoms with E-state index in [4.69, 9.17) is 9.84 Å². The van der Waals surface area contributed by atoms with Gasteiger partial charge in [-0.1, -0.05) is 0 Å². The van der Waals surface area contributed by atoms with Crippen molar-refractivity contribution in [3.05, 3.63) is 0 Å². The van der Waals surface area contributed by atoms with Crippen LogP contribution >= 0.6 is 0 Å². The third kappa shape index (κ3) is 3.51. The molecular weight excluding hydrogens is 198 g/mol. The van der Waals surface area contributed by atoms with E-state index >= 15 is 0 Å². The third-order valence-electron chi connectivity index (χ3n) is 2.56. The number of rotatable bonds is 5. The van der Waals surface area contributed by atoms with E-state index in [0.717, 1.165) is 13.0 Å². The number of hydrogen-bond donors (Lipinski definition) is 1. The molecule has 1 heterocycles. The highest BCUT2D eigenvalue weighted by Crippen LogP contribution is 2.17. The predicted molar refractivity (Wildman–Crippen MR) is 53.5 cm³/mol. The normalized spacial score (nSPS) is 21.5. The fraction of sp³-hybridized carbons (Fsp3) is 0.800. The molecule has 1 fully saturated rings. The summed E-state index contributed by atoms with van der Waals surface area (Å²) in [5, 5.41) is 8.89. The number of likely N-dealkylation sites (tertiary alicyclic amines) is 1. The van der Waals surface area contributed by atoms with Crippen LogP contribution in [-0.4, -0.2) is 47.7 Å². The quantitative estimate of drug-likeness (QED) is 0.676. The Labute approximate surface area is 89.0 Å². The highest BCUT2D eigenvalue weighted by atomic mass is 16.5. The van der Waals surface area contributed by atoms with E-state index in [9.17, 15) is 9.59 Å². The van der Waals surface area contributed by atoms with Gasteiger partial charge in [-0.05, 0) is 26.3 Å². The van der Waals surface area contributed by atoms with Gasteiger partial charge in [0.25, 0.3) is 0 Å². The molecule has 0 aromatic carbocycles. The van der Waals surface area contributed by atoms with E-state index in [0.29, 0.717) is 19.6 Å². The van der Waals surface area contributed by atoms with Crippen LogP contribution in [0.5, 0.6) is 0 Å². The zero-order valence-electron chi connectivity index (χ0n) is 8.94. The number of aliphatic carboxylic acids is 1. The van der Waals surface area contributed by atoms with Gasteiger partial charge in [0.05, 0.1) is 13.0 Å². The molecule has 0 saturated carbocycles. The number of ether oxygens (including phenoxy) is 1. The van der Waals surface area contributed by atoms with Crippen molar-refractivity contribution in [3.63, 3.8) is 0 Å². The first-order valence-corrected chi connectivity index (χ1v) is 5.27. The second-order valence-electron chi connectivity index (χ2n) is 3.59. The molecule has 86 valence electrons. The molecule has 0 aromatic rings. The lowest BCUT2D eigenvalue weighted by atomic mass is 10.2. The molecule has 1 rings (SSSR count). The fourth-order valence-electron chi connectivity index (χ4n) is 1.84. The van der Waals surface area contributed by atoms with Gasteiger partial charge >= 0.3 is 11.9 Å². The Morgan fingerprint density at radius 3 is 2.87 bits per heavy atom. The molecular formula is C10H17NO4. The van der Waals surface area contributed by atoms with Crippen LogP contribution in [0.4, 0.5) is 0 Å². The molecule has 0 spiro atoms. The number of carboxylic acids is 1. The third-order valence-corrected chi connectivity index (χ3v) is 2.56. The van der Waals surface area contributed by atoms with Gasteiger partial charge in [0.2, 0.25) is 0 Å². The summed E-state index contributed by atoms with van der Waals surface area (Å²) in [7, 11) is 0. The maximum atomic E-state index is 11.1. The van der Waals surface area contributed by atoms with Gasteiger partial charge in [-0.25, -0.2) is 0 Å². The molecule has 0 aliphatic carbocycles. The van der Waals surface area contributed by atoms with E-state index in [1.807, 2.05) is 4.90 Å². The molecule has 1 aliphatic heterocycles. The van der Waals surface area contributed by atoms with Crippen molar-refractivity contribution >= 4 is 11.9 Å². The van der Waals surface area contributed by atoms with Gasteiger partial charge in [-0.15, -0.1) is 0 Å². The molecule has 5 heteroatoms. The lowest BCUT2D eigenvalue weighted by Gasteiger charge is -2.20. The lowest BCUT2D eigenvalue weighted by Crippen LogP contribution is -2.37. The predicted octanol–water partition coefficient (Wildman–Crippen LogP) is 0.489. The minimum atomic E-state index is -0.795. The van der Waals surface area contributed by atoms with Gasteiger partial charge in [-0.3, -0.25) is 14.5 Å². The zero-order chi connectivity index (χ0) is 11.3. The smallest absolute Gasteiger partial charge is 0.320 e. The Bertz CT molecular complexity index is 242. The summed E-state index contributed by atoms with van der Waals surface area (Å²) >= 11 is 0. The van der Waals surface area contributed by atoms with Gasteiger partial charge in [0.1, 0.15) is 6.04 Å². The van der Waals surface area contributed by atoms with Crippen LogP contribution < -0.4 is 0 Å². The number of carboxylic acid groups (broad SMARTS) is 1. The van der Waals surface area contributed by atoms with Crippen LogP contribution in [0.2, 0.25) is 0 Å². The maximum absolute atomic E-state index is 11.1. The zero-order valence-corrected chi connectivity index (χ0v) is 8.94. The number of carbonyl (C=O) groups is 2. The standard InChI is InChI=1S/C10H17NO4/c1-2-15-9(12)5-7-11-6-3-4-8(11)10(13)14/h8H,2-7H2,1H3,(H,13,14)/t8-/m0/s1. The molecule has 0 bridgehead atoms. The minimum absolute atomic E-state index is 0.256. The van der Waals surface area contributed by atoms with E-state index in [1.54, 1.807) is 6.92 Å². The summed E-state index contributed by atoms with van der Waals surface area (Å²) in [5.74, 6) is -1.05.